The van der Waals surface area contributed by atoms with Crippen molar-refractivity contribution in [1.29, 1.82) is 0 Å². The smallest absolute Gasteiger partial charge is 0.149 e. The number of anilines is 2. The number of nitrogens with zero attached hydrogens (tertiary/aromatic N) is 1. The summed E-state index contributed by atoms with van der Waals surface area (Å²) in [5, 5.41) is 4.32. The molecule has 0 radical (unpaired) electrons. The van der Waals surface area contributed by atoms with Gasteiger partial charge in [0.05, 0.1) is 10.0 Å². The SMILES string of the molecule is Clc1ccc(Nc2ncc(Br)cc2Cl)cc1Br. The first-order valence-corrected chi connectivity index (χ1v) is 6.93. The highest BCUT2D eigenvalue weighted by Crippen LogP contribution is 2.29. The molecule has 6 heteroatoms. The minimum Gasteiger partial charge on any atom is -0.339 e. The quantitative estimate of drug-likeness (QED) is 0.708. The summed E-state index contributed by atoms with van der Waals surface area (Å²) in [4.78, 5) is 4.19. The first kappa shape index (κ1) is 13.1. The number of nitrogens with one attached hydrogen (secondary N) is 1. The fourth-order valence-electron chi connectivity index (χ4n) is 1.22. The van der Waals surface area contributed by atoms with Crippen molar-refractivity contribution >= 4 is 66.6 Å². The monoisotopic (exact) mass is 394 g/mol. The molecule has 0 spiro atoms. The lowest BCUT2D eigenvalue weighted by molar-refractivity contribution is 1.29. The third-order valence-electron chi connectivity index (χ3n) is 1.99. The van der Waals surface area contributed by atoms with E-state index >= 15 is 0 Å². The highest BCUT2D eigenvalue weighted by atomic mass is 79.9. The molecule has 0 bridgehead atoms. The maximum absolute atomic E-state index is 6.06. The second kappa shape index (κ2) is 5.57. The minimum absolute atomic E-state index is 0.547. The van der Waals surface area contributed by atoms with Crippen LogP contribution in [0.2, 0.25) is 10.0 Å². The number of aromatic nitrogens is 1. The van der Waals surface area contributed by atoms with Crippen LogP contribution >= 0.6 is 55.1 Å². The number of hydrogen-bond acceptors (Lipinski definition) is 2. The van der Waals surface area contributed by atoms with Gasteiger partial charge >= 0.3 is 0 Å². The van der Waals surface area contributed by atoms with Crippen LogP contribution in [-0.2, 0) is 0 Å². The van der Waals surface area contributed by atoms with Gasteiger partial charge in [-0.3, -0.25) is 0 Å². The molecular weight excluding hydrogens is 391 g/mol. The molecule has 0 aliphatic rings. The van der Waals surface area contributed by atoms with Crippen LogP contribution in [-0.4, -0.2) is 4.98 Å². The maximum Gasteiger partial charge on any atom is 0.149 e. The summed E-state index contributed by atoms with van der Waals surface area (Å²) in [5.41, 5.74) is 0.859. The average Bonchev–Trinajstić information content (AvgIpc) is 2.27. The van der Waals surface area contributed by atoms with Crippen molar-refractivity contribution in [2.45, 2.75) is 0 Å². The van der Waals surface area contributed by atoms with Crippen molar-refractivity contribution in [3.8, 4) is 0 Å². The summed E-state index contributed by atoms with van der Waals surface area (Å²) in [7, 11) is 0. The van der Waals surface area contributed by atoms with Crippen molar-refractivity contribution in [3.05, 3.63) is 49.5 Å². The first-order chi connectivity index (χ1) is 8.06. The Morgan fingerprint density at radius 2 is 1.82 bits per heavy atom. The predicted molar refractivity (Wildman–Crippen MR) is 79.4 cm³/mol. The van der Waals surface area contributed by atoms with Gasteiger partial charge in [0.1, 0.15) is 5.82 Å². The van der Waals surface area contributed by atoms with E-state index in [1.807, 2.05) is 12.1 Å². The standard InChI is InChI=1S/C11H6Br2Cl2N2/c12-6-3-10(15)11(16-5-6)17-7-1-2-9(14)8(13)4-7/h1-5H,(H,16,17). The molecule has 0 unspecified atom stereocenters. The molecule has 0 aliphatic carbocycles. The predicted octanol–water partition coefficient (Wildman–Crippen LogP) is 5.66. The molecular formula is C11H6Br2Cl2N2. The van der Waals surface area contributed by atoms with Gasteiger partial charge in [0.25, 0.3) is 0 Å². The van der Waals surface area contributed by atoms with E-state index in [0.29, 0.717) is 15.9 Å². The van der Waals surface area contributed by atoms with E-state index in [-0.39, 0.29) is 0 Å². The largest absolute Gasteiger partial charge is 0.339 e. The van der Waals surface area contributed by atoms with Gasteiger partial charge < -0.3 is 5.32 Å². The summed E-state index contributed by atoms with van der Waals surface area (Å²) in [6.07, 6.45) is 1.68. The molecule has 17 heavy (non-hydrogen) atoms. The molecule has 0 fully saturated rings. The Labute approximate surface area is 126 Å². The molecule has 1 aromatic heterocycles. The summed E-state index contributed by atoms with van der Waals surface area (Å²) in [6, 6.07) is 7.29. The molecule has 0 aliphatic heterocycles. The third-order valence-corrected chi connectivity index (χ3v) is 3.93. The highest BCUT2D eigenvalue weighted by Gasteiger charge is 2.04. The van der Waals surface area contributed by atoms with E-state index in [2.05, 4.69) is 42.2 Å². The molecule has 2 rings (SSSR count). The second-order valence-corrected chi connectivity index (χ2v) is 5.82. The van der Waals surface area contributed by atoms with Gasteiger partial charge in [-0.2, -0.15) is 0 Å². The third kappa shape index (κ3) is 3.35. The topological polar surface area (TPSA) is 24.9 Å². The van der Waals surface area contributed by atoms with Gasteiger partial charge in [0.15, 0.2) is 0 Å². The van der Waals surface area contributed by atoms with Crippen molar-refractivity contribution < 1.29 is 0 Å². The van der Waals surface area contributed by atoms with Crippen LogP contribution in [0.15, 0.2) is 39.4 Å². The fourth-order valence-corrected chi connectivity index (χ4v) is 2.39. The zero-order valence-electron chi connectivity index (χ0n) is 8.35. The first-order valence-electron chi connectivity index (χ1n) is 4.59. The van der Waals surface area contributed by atoms with Gasteiger partial charge in [0, 0.05) is 20.8 Å². The van der Waals surface area contributed by atoms with Gasteiger partial charge in [0.2, 0.25) is 0 Å². The Hall–Kier alpha value is -0.290. The van der Waals surface area contributed by atoms with Crippen LogP contribution in [0.5, 0.6) is 0 Å². The lowest BCUT2D eigenvalue weighted by Gasteiger charge is -2.08. The summed E-state index contributed by atoms with van der Waals surface area (Å²) < 4.78 is 1.66. The number of rotatable bonds is 2. The molecule has 2 nitrogen and oxygen atoms in total. The number of pyridine rings is 1. The lowest BCUT2D eigenvalue weighted by Crippen LogP contribution is -1.94. The van der Waals surface area contributed by atoms with Crippen molar-refractivity contribution in [3.63, 3.8) is 0 Å². The maximum atomic E-state index is 6.06. The number of hydrogen-bond donors (Lipinski definition) is 1. The minimum atomic E-state index is 0.547. The summed E-state index contributed by atoms with van der Waals surface area (Å²) in [6.45, 7) is 0. The molecule has 1 N–H and O–H groups in total. The zero-order chi connectivity index (χ0) is 12.4. The fraction of sp³-hybridized carbons (Fsp3) is 0. The van der Waals surface area contributed by atoms with Crippen molar-refractivity contribution in [2.75, 3.05) is 5.32 Å². The number of halogens is 4. The van der Waals surface area contributed by atoms with Gasteiger partial charge in [-0.25, -0.2) is 4.98 Å². The van der Waals surface area contributed by atoms with Crippen LogP contribution in [0.25, 0.3) is 0 Å². The van der Waals surface area contributed by atoms with Crippen molar-refractivity contribution in [1.82, 2.24) is 4.98 Å². The normalized spacial score (nSPS) is 10.4. The summed E-state index contributed by atoms with van der Waals surface area (Å²) >= 11 is 18.6. The summed E-state index contributed by atoms with van der Waals surface area (Å²) in [5.74, 6) is 0.601. The van der Waals surface area contributed by atoms with Gasteiger partial charge in [-0.1, -0.05) is 23.2 Å². The Balaban J connectivity index is 2.28. The molecule has 0 saturated heterocycles. The average molecular weight is 397 g/mol. The van der Waals surface area contributed by atoms with Crippen LogP contribution in [0.1, 0.15) is 0 Å². The molecule has 0 atom stereocenters. The van der Waals surface area contributed by atoms with Crippen LogP contribution < -0.4 is 5.32 Å². The second-order valence-electron chi connectivity index (χ2n) is 3.24. The molecule has 0 amide bonds. The molecule has 1 aromatic carbocycles. The Morgan fingerprint density at radius 1 is 1.06 bits per heavy atom. The van der Waals surface area contributed by atoms with E-state index < -0.39 is 0 Å². The molecule has 1 heterocycles. The van der Waals surface area contributed by atoms with Crippen LogP contribution in [0, 0.1) is 0 Å². The Morgan fingerprint density at radius 3 is 2.47 bits per heavy atom. The molecule has 88 valence electrons. The van der Waals surface area contributed by atoms with Crippen LogP contribution in [0.4, 0.5) is 11.5 Å². The molecule has 0 saturated carbocycles. The van der Waals surface area contributed by atoms with Crippen LogP contribution in [0.3, 0.4) is 0 Å². The lowest BCUT2D eigenvalue weighted by atomic mass is 10.3. The Bertz CT molecular complexity index is 561. The zero-order valence-corrected chi connectivity index (χ0v) is 13.0. The number of benzene rings is 1. The van der Waals surface area contributed by atoms with Gasteiger partial charge in [-0.15, -0.1) is 0 Å². The van der Waals surface area contributed by atoms with Crippen molar-refractivity contribution in [2.24, 2.45) is 0 Å². The van der Waals surface area contributed by atoms with E-state index in [4.69, 9.17) is 23.2 Å². The van der Waals surface area contributed by atoms with E-state index in [1.165, 1.54) is 0 Å². The van der Waals surface area contributed by atoms with E-state index in [9.17, 15) is 0 Å². The van der Waals surface area contributed by atoms with Gasteiger partial charge in [-0.05, 0) is 56.1 Å². The highest BCUT2D eigenvalue weighted by molar-refractivity contribution is 9.10. The molecule has 2 aromatic rings. The van der Waals surface area contributed by atoms with E-state index in [0.717, 1.165) is 14.6 Å². The van der Waals surface area contributed by atoms with E-state index in [1.54, 1.807) is 18.3 Å². The Kier molecular flexibility index (Phi) is 4.31.